The van der Waals surface area contributed by atoms with Gasteiger partial charge in [0.1, 0.15) is 12.4 Å². The maximum Gasteiger partial charge on any atom is 0.142 e. The van der Waals surface area contributed by atoms with Gasteiger partial charge in [0.05, 0.1) is 11.9 Å². The molecule has 0 radical (unpaired) electrons. The Labute approximate surface area is 94.6 Å². The molecule has 0 spiro atoms. The van der Waals surface area contributed by atoms with Crippen molar-refractivity contribution in [2.45, 2.75) is 13.5 Å². The molecule has 0 atom stereocenters. The topological polar surface area (TPSA) is 53.1 Å². The number of anilines is 1. The van der Waals surface area contributed by atoms with E-state index in [1.54, 1.807) is 10.9 Å². The number of aryl methyl sites for hydroxylation is 2. The second kappa shape index (κ2) is 4.26. The van der Waals surface area contributed by atoms with Crippen LogP contribution in [0.25, 0.3) is 0 Å². The molecule has 0 unspecified atom stereocenters. The summed E-state index contributed by atoms with van der Waals surface area (Å²) in [6.45, 7) is 2.49. The first kappa shape index (κ1) is 10.5. The quantitative estimate of drug-likeness (QED) is 0.799. The summed E-state index contributed by atoms with van der Waals surface area (Å²) >= 11 is 0. The molecule has 0 saturated carbocycles. The molecule has 1 heterocycles. The lowest BCUT2D eigenvalue weighted by atomic mass is 10.2. The third kappa shape index (κ3) is 2.34. The Hall–Kier alpha value is -1.97. The van der Waals surface area contributed by atoms with Crippen LogP contribution >= 0.6 is 0 Å². The number of nitrogens with zero attached hydrogens (tertiary/aromatic N) is 2. The molecule has 0 aliphatic carbocycles. The Kier molecular flexibility index (Phi) is 2.81. The standard InChI is InChI=1S/C12H15N3O/c1-9-3-4-12(11(13)5-9)16-8-10-6-14-15(2)7-10/h3-7H,8,13H2,1-2H3. The third-order valence-electron chi connectivity index (χ3n) is 2.32. The maximum absolute atomic E-state index is 5.84. The minimum absolute atomic E-state index is 0.487. The summed E-state index contributed by atoms with van der Waals surface area (Å²) in [5.41, 5.74) is 8.68. The highest BCUT2D eigenvalue weighted by Gasteiger charge is 2.02. The van der Waals surface area contributed by atoms with Crippen molar-refractivity contribution in [1.29, 1.82) is 0 Å². The molecular weight excluding hydrogens is 202 g/mol. The van der Waals surface area contributed by atoms with Gasteiger partial charge in [0, 0.05) is 18.8 Å². The highest BCUT2D eigenvalue weighted by atomic mass is 16.5. The van der Waals surface area contributed by atoms with Crippen LogP contribution in [0.4, 0.5) is 5.69 Å². The van der Waals surface area contributed by atoms with Gasteiger partial charge in [0.15, 0.2) is 0 Å². The van der Waals surface area contributed by atoms with Gasteiger partial charge in [-0.25, -0.2) is 0 Å². The molecule has 0 aliphatic heterocycles. The Morgan fingerprint density at radius 1 is 1.44 bits per heavy atom. The van der Waals surface area contributed by atoms with Crippen LogP contribution in [0.15, 0.2) is 30.6 Å². The second-order valence-electron chi connectivity index (χ2n) is 3.85. The summed E-state index contributed by atoms with van der Waals surface area (Å²) in [6.07, 6.45) is 3.70. The average molecular weight is 217 g/mol. The first-order chi connectivity index (χ1) is 7.65. The molecule has 2 aromatic rings. The van der Waals surface area contributed by atoms with Crippen LogP contribution in [0.1, 0.15) is 11.1 Å². The second-order valence-corrected chi connectivity index (χ2v) is 3.85. The summed E-state index contributed by atoms with van der Waals surface area (Å²) in [6, 6.07) is 5.77. The van der Waals surface area contributed by atoms with Crippen LogP contribution in [0.5, 0.6) is 5.75 Å². The van der Waals surface area contributed by atoms with Gasteiger partial charge in [0.2, 0.25) is 0 Å². The van der Waals surface area contributed by atoms with Gasteiger partial charge in [-0.15, -0.1) is 0 Å². The van der Waals surface area contributed by atoms with Crippen molar-refractivity contribution >= 4 is 5.69 Å². The number of aromatic nitrogens is 2. The summed E-state index contributed by atoms with van der Waals surface area (Å²) in [7, 11) is 1.88. The summed E-state index contributed by atoms with van der Waals surface area (Å²) < 4.78 is 7.36. The number of hydrogen-bond donors (Lipinski definition) is 1. The predicted octanol–water partition coefficient (Wildman–Crippen LogP) is 1.89. The minimum atomic E-state index is 0.487. The fourth-order valence-electron chi connectivity index (χ4n) is 1.51. The van der Waals surface area contributed by atoms with Crippen molar-refractivity contribution in [3.05, 3.63) is 41.7 Å². The summed E-state index contributed by atoms with van der Waals surface area (Å²) in [5.74, 6) is 0.717. The van der Waals surface area contributed by atoms with E-state index in [9.17, 15) is 0 Å². The van der Waals surface area contributed by atoms with Gasteiger partial charge in [-0.1, -0.05) is 6.07 Å². The van der Waals surface area contributed by atoms with E-state index in [0.29, 0.717) is 12.3 Å². The van der Waals surface area contributed by atoms with Crippen LogP contribution in [-0.2, 0) is 13.7 Å². The Balaban J connectivity index is 2.04. The Morgan fingerprint density at radius 2 is 2.25 bits per heavy atom. The molecule has 0 saturated heterocycles. The predicted molar refractivity (Wildman–Crippen MR) is 63.1 cm³/mol. The molecule has 0 fully saturated rings. The molecule has 4 nitrogen and oxygen atoms in total. The molecule has 0 bridgehead atoms. The van der Waals surface area contributed by atoms with Gasteiger partial charge in [-0.2, -0.15) is 5.10 Å². The van der Waals surface area contributed by atoms with Crippen molar-refractivity contribution in [3.8, 4) is 5.75 Å². The van der Waals surface area contributed by atoms with E-state index in [4.69, 9.17) is 10.5 Å². The fraction of sp³-hybridized carbons (Fsp3) is 0.250. The van der Waals surface area contributed by atoms with E-state index >= 15 is 0 Å². The van der Waals surface area contributed by atoms with E-state index in [-0.39, 0.29) is 0 Å². The molecule has 2 rings (SSSR count). The molecular formula is C12H15N3O. The van der Waals surface area contributed by atoms with Crippen molar-refractivity contribution in [1.82, 2.24) is 9.78 Å². The van der Waals surface area contributed by atoms with E-state index < -0.39 is 0 Å². The zero-order valence-corrected chi connectivity index (χ0v) is 9.47. The van der Waals surface area contributed by atoms with Crippen molar-refractivity contribution in [2.24, 2.45) is 7.05 Å². The van der Waals surface area contributed by atoms with Crippen LogP contribution < -0.4 is 10.5 Å². The number of nitrogens with two attached hydrogens (primary N) is 1. The molecule has 84 valence electrons. The minimum Gasteiger partial charge on any atom is -0.487 e. The van der Waals surface area contributed by atoms with Crippen LogP contribution in [0.2, 0.25) is 0 Å². The van der Waals surface area contributed by atoms with E-state index in [0.717, 1.165) is 16.9 Å². The first-order valence-corrected chi connectivity index (χ1v) is 5.11. The van der Waals surface area contributed by atoms with Gasteiger partial charge >= 0.3 is 0 Å². The SMILES string of the molecule is Cc1ccc(OCc2cnn(C)c2)c(N)c1. The summed E-state index contributed by atoms with van der Waals surface area (Å²) in [5, 5.41) is 4.07. The van der Waals surface area contributed by atoms with Crippen LogP contribution in [0, 0.1) is 6.92 Å². The molecule has 2 N–H and O–H groups in total. The van der Waals surface area contributed by atoms with Gasteiger partial charge in [0.25, 0.3) is 0 Å². The fourth-order valence-corrected chi connectivity index (χ4v) is 1.51. The zero-order valence-electron chi connectivity index (χ0n) is 9.47. The molecule has 16 heavy (non-hydrogen) atoms. The van der Waals surface area contributed by atoms with Crippen LogP contribution in [-0.4, -0.2) is 9.78 Å². The largest absolute Gasteiger partial charge is 0.487 e. The normalized spacial score (nSPS) is 10.4. The number of benzene rings is 1. The van der Waals surface area contributed by atoms with E-state index in [1.165, 1.54) is 0 Å². The highest BCUT2D eigenvalue weighted by molar-refractivity contribution is 5.54. The zero-order chi connectivity index (χ0) is 11.5. The molecule has 1 aromatic carbocycles. The third-order valence-corrected chi connectivity index (χ3v) is 2.32. The van der Waals surface area contributed by atoms with E-state index in [1.807, 2.05) is 38.4 Å². The Morgan fingerprint density at radius 3 is 2.88 bits per heavy atom. The average Bonchev–Trinajstić information content (AvgIpc) is 2.63. The first-order valence-electron chi connectivity index (χ1n) is 5.11. The van der Waals surface area contributed by atoms with Gasteiger partial charge in [-0.05, 0) is 24.6 Å². The van der Waals surface area contributed by atoms with Crippen molar-refractivity contribution in [2.75, 3.05) is 5.73 Å². The monoisotopic (exact) mass is 217 g/mol. The van der Waals surface area contributed by atoms with Crippen molar-refractivity contribution < 1.29 is 4.74 Å². The Bertz CT molecular complexity index is 491. The van der Waals surface area contributed by atoms with Gasteiger partial charge < -0.3 is 10.5 Å². The number of ether oxygens (including phenoxy) is 1. The number of nitrogen functional groups attached to an aromatic ring is 1. The summed E-state index contributed by atoms with van der Waals surface area (Å²) in [4.78, 5) is 0. The van der Waals surface area contributed by atoms with Crippen molar-refractivity contribution in [3.63, 3.8) is 0 Å². The lowest BCUT2D eigenvalue weighted by molar-refractivity contribution is 0.308. The molecule has 0 aliphatic rings. The van der Waals surface area contributed by atoms with Crippen LogP contribution in [0.3, 0.4) is 0 Å². The van der Waals surface area contributed by atoms with Gasteiger partial charge in [-0.3, -0.25) is 4.68 Å². The molecule has 4 heteroatoms. The van der Waals surface area contributed by atoms with E-state index in [2.05, 4.69) is 5.10 Å². The number of rotatable bonds is 3. The lowest BCUT2D eigenvalue weighted by Crippen LogP contribution is -1.98. The maximum atomic E-state index is 5.84. The molecule has 0 amide bonds. The highest BCUT2D eigenvalue weighted by Crippen LogP contribution is 2.22. The smallest absolute Gasteiger partial charge is 0.142 e. The lowest BCUT2D eigenvalue weighted by Gasteiger charge is -2.08. The number of hydrogen-bond acceptors (Lipinski definition) is 3. The molecule has 1 aromatic heterocycles.